The quantitative estimate of drug-likeness (QED) is 0.421. The molecule has 1 aliphatic heterocycles. The van der Waals surface area contributed by atoms with Gasteiger partial charge in [-0.3, -0.25) is 5.43 Å². The fourth-order valence-corrected chi connectivity index (χ4v) is 1.94. The van der Waals surface area contributed by atoms with E-state index in [4.69, 9.17) is 17.0 Å². The second-order valence-electron chi connectivity index (χ2n) is 4.24. The molecule has 1 heterocycles. The van der Waals surface area contributed by atoms with Crippen molar-refractivity contribution in [1.29, 1.82) is 5.41 Å². The minimum atomic E-state index is -0.154. The summed E-state index contributed by atoms with van der Waals surface area (Å²) in [4.78, 5) is 17.4. The Labute approximate surface area is 118 Å². The van der Waals surface area contributed by atoms with E-state index in [0.717, 1.165) is 32.1 Å². The molecule has 106 valence electrons. The summed E-state index contributed by atoms with van der Waals surface area (Å²) in [6.45, 7) is 1.58. The Morgan fingerprint density at radius 3 is 2.47 bits per heavy atom. The lowest BCUT2D eigenvalue weighted by molar-refractivity contribution is 0.189. The zero-order chi connectivity index (χ0) is 13.9. The Morgan fingerprint density at radius 1 is 1.21 bits per heavy atom. The van der Waals surface area contributed by atoms with Crippen LogP contribution in [-0.2, 0) is 0 Å². The fourth-order valence-electron chi connectivity index (χ4n) is 1.83. The van der Waals surface area contributed by atoms with Crippen LogP contribution in [0.4, 0.5) is 4.79 Å². The number of likely N-dealkylation sites (tertiary alicyclic amines) is 1. The van der Waals surface area contributed by atoms with Gasteiger partial charge in [0.1, 0.15) is 5.16 Å². The van der Waals surface area contributed by atoms with E-state index in [1.165, 1.54) is 31.7 Å². The summed E-state index contributed by atoms with van der Waals surface area (Å²) in [5.41, 5.74) is 5.16. The molecule has 0 bridgehead atoms. The van der Waals surface area contributed by atoms with E-state index in [9.17, 15) is 4.79 Å². The molecule has 0 aromatic carbocycles. The van der Waals surface area contributed by atoms with Gasteiger partial charge in [-0.15, -0.1) is 0 Å². The summed E-state index contributed by atoms with van der Waals surface area (Å²) in [6.07, 6.45) is 9.36. The number of amides is 2. The number of hydrogen-bond acceptors (Lipinski definition) is 4. The number of rotatable bonds is 4. The second kappa shape index (κ2) is 9.38. The number of hydrazine groups is 1. The summed E-state index contributed by atoms with van der Waals surface area (Å²) in [7, 11) is 0. The van der Waals surface area contributed by atoms with Crippen molar-refractivity contribution < 1.29 is 4.79 Å². The summed E-state index contributed by atoms with van der Waals surface area (Å²) >= 11 is 5.71. The fraction of sp³-hybridized carbons (Fsp3) is 0.583. The van der Waals surface area contributed by atoms with E-state index in [-0.39, 0.29) is 11.2 Å². The smallest absolute Gasteiger partial charge is 0.323 e. The first-order chi connectivity index (χ1) is 9.24. The van der Waals surface area contributed by atoms with Crippen molar-refractivity contribution in [2.45, 2.75) is 32.1 Å². The highest BCUT2D eigenvalue weighted by molar-refractivity contribution is 6.30. The lowest BCUT2D eigenvalue weighted by atomic mass is 10.1. The summed E-state index contributed by atoms with van der Waals surface area (Å²) in [5.74, 6) is 0. The maximum atomic E-state index is 11.9. The Hall–Kier alpha value is -1.56. The topological polar surface area (TPSA) is 80.6 Å². The number of urea groups is 1. The number of aliphatic imine (C=N–C) groups is 1. The van der Waals surface area contributed by atoms with Crippen molar-refractivity contribution in [2.75, 3.05) is 13.1 Å². The third kappa shape index (κ3) is 6.81. The molecule has 6 nitrogen and oxygen atoms in total. The maximum Gasteiger partial charge on any atom is 0.335 e. The van der Waals surface area contributed by atoms with Gasteiger partial charge >= 0.3 is 6.03 Å². The van der Waals surface area contributed by atoms with Gasteiger partial charge in [0.2, 0.25) is 0 Å². The number of nitrogens with one attached hydrogen (secondary N) is 3. The van der Waals surface area contributed by atoms with E-state index in [2.05, 4.69) is 15.8 Å². The first kappa shape index (κ1) is 15.5. The summed E-state index contributed by atoms with van der Waals surface area (Å²) < 4.78 is 0. The normalized spacial score (nSPS) is 17.7. The highest BCUT2D eigenvalue weighted by Gasteiger charge is 2.13. The number of carbonyl (C=O) groups is 1. The van der Waals surface area contributed by atoms with Crippen LogP contribution in [0.1, 0.15) is 32.1 Å². The zero-order valence-corrected chi connectivity index (χ0v) is 11.6. The van der Waals surface area contributed by atoms with Gasteiger partial charge < -0.3 is 15.7 Å². The zero-order valence-electron chi connectivity index (χ0n) is 10.9. The Balaban J connectivity index is 2.32. The third-order valence-electron chi connectivity index (χ3n) is 2.79. The van der Waals surface area contributed by atoms with E-state index in [0.29, 0.717) is 0 Å². The van der Waals surface area contributed by atoms with Gasteiger partial charge in [0, 0.05) is 25.5 Å². The van der Waals surface area contributed by atoms with Crippen molar-refractivity contribution >= 4 is 30.1 Å². The number of nitrogens with zero attached hydrogens (tertiary/aromatic N) is 2. The molecule has 1 aliphatic rings. The highest BCUT2D eigenvalue weighted by atomic mass is 35.5. The van der Waals surface area contributed by atoms with E-state index in [1.54, 1.807) is 4.90 Å². The predicted molar refractivity (Wildman–Crippen MR) is 77.5 cm³/mol. The molecule has 0 saturated carbocycles. The number of carbonyl (C=O) groups excluding carboxylic acids is 1. The minimum Gasteiger partial charge on any atom is -0.323 e. The lowest BCUT2D eigenvalue weighted by Crippen LogP contribution is -2.45. The average Bonchev–Trinajstić information content (AvgIpc) is 2.35. The SMILES string of the molecule is N=C/C=N\C(Cl)=C\NNC(=O)N1CCCCCCC1. The molecule has 0 aromatic heterocycles. The van der Waals surface area contributed by atoms with Gasteiger partial charge in [0.15, 0.2) is 0 Å². The number of halogens is 1. The standard InChI is InChI=1S/C12H20ClN5O/c13-11(15-7-6-14)10-16-17-12(19)18-8-4-2-1-3-5-9-18/h6-7,10,14,16H,1-5,8-9H2,(H,17,19)/b11-10+,14-6?,15-7-. The molecule has 0 aromatic rings. The van der Waals surface area contributed by atoms with Crippen LogP contribution < -0.4 is 10.9 Å². The Kier molecular flexibility index (Phi) is 7.65. The molecule has 7 heteroatoms. The van der Waals surface area contributed by atoms with Crippen molar-refractivity contribution in [3.05, 3.63) is 11.4 Å². The summed E-state index contributed by atoms with van der Waals surface area (Å²) in [6, 6.07) is -0.154. The third-order valence-corrected chi connectivity index (χ3v) is 2.99. The Bertz CT molecular complexity index is 348. The van der Waals surface area contributed by atoms with Gasteiger partial charge in [0.25, 0.3) is 0 Å². The average molecular weight is 286 g/mol. The van der Waals surface area contributed by atoms with Crippen molar-refractivity contribution in [2.24, 2.45) is 4.99 Å². The molecule has 3 N–H and O–H groups in total. The molecule has 2 amide bonds. The molecule has 1 rings (SSSR count). The second-order valence-corrected chi connectivity index (χ2v) is 4.63. The van der Waals surface area contributed by atoms with Crippen molar-refractivity contribution in [3.63, 3.8) is 0 Å². The van der Waals surface area contributed by atoms with E-state index < -0.39 is 0 Å². The maximum absolute atomic E-state index is 11.9. The summed E-state index contributed by atoms with van der Waals surface area (Å²) in [5, 5.41) is 6.92. The van der Waals surface area contributed by atoms with Crippen LogP contribution in [0.15, 0.2) is 16.3 Å². The van der Waals surface area contributed by atoms with Gasteiger partial charge in [0.05, 0.1) is 6.20 Å². The van der Waals surface area contributed by atoms with Crippen LogP contribution in [0.25, 0.3) is 0 Å². The highest BCUT2D eigenvalue weighted by Crippen LogP contribution is 2.10. The van der Waals surface area contributed by atoms with Crippen LogP contribution in [0.3, 0.4) is 0 Å². The van der Waals surface area contributed by atoms with Crippen LogP contribution in [0, 0.1) is 5.41 Å². The largest absolute Gasteiger partial charge is 0.335 e. The molecular weight excluding hydrogens is 266 g/mol. The van der Waals surface area contributed by atoms with Crippen molar-refractivity contribution in [3.8, 4) is 0 Å². The van der Waals surface area contributed by atoms with Gasteiger partial charge in [-0.25, -0.2) is 9.79 Å². The molecule has 0 atom stereocenters. The van der Waals surface area contributed by atoms with Gasteiger partial charge in [-0.05, 0) is 12.8 Å². The minimum absolute atomic E-state index is 0.154. The van der Waals surface area contributed by atoms with E-state index >= 15 is 0 Å². The van der Waals surface area contributed by atoms with Crippen LogP contribution >= 0.6 is 11.6 Å². The molecule has 0 spiro atoms. The first-order valence-electron chi connectivity index (χ1n) is 6.43. The van der Waals surface area contributed by atoms with Crippen LogP contribution in [0.5, 0.6) is 0 Å². The molecule has 0 aliphatic carbocycles. The molecule has 0 radical (unpaired) electrons. The lowest BCUT2D eigenvalue weighted by Gasteiger charge is -2.24. The van der Waals surface area contributed by atoms with Crippen molar-refractivity contribution in [1.82, 2.24) is 15.8 Å². The van der Waals surface area contributed by atoms with Gasteiger partial charge in [-0.2, -0.15) is 0 Å². The van der Waals surface area contributed by atoms with Crippen LogP contribution in [0.2, 0.25) is 0 Å². The number of hydrogen-bond donors (Lipinski definition) is 3. The molecule has 19 heavy (non-hydrogen) atoms. The van der Waals surface area contributed by atoms with Gasteiger partial charge in [-0.1, -0.05) is 30.9 Å². The molecular formula is C12H20ClN5O. The first-order valence-corrected chi connectivity index (χ1v) is 6.81. The Morgan fingerprint density at radius 2 is 1.84 bits per heavy atom. The molecule has 0 unspecified atom stereocenters. The van der Waals surface area contributed by atoms with Crippen LogP contribution in [-0.4, -0.2) is 36.4 Å². The molecule has 1 fully saturated rings. The molecule has 1 saturated heterocycles. The predicted octanol–water partition coefficient (Wildman–Crippen LogP) is 2.22. The monoisotopic (exact) mass is 285 g/mol. The van der Waals surface area contributed by atoms with E-state index in [1.807, 2.05) is 0 Å².